The average Bonchev–Trinajstić information content (AvgIpc) is 3.78. The molecule has 1 rings (SSSR count). The van der Waals surface area contributed by atoms with Crippen LogP contribution < -0.4 is 59.3 Å². The predicted octanol–water partition coefficient (Wildman–Crippen LogP) is -4.23. The maximum Gasteiger partial charge on any atom is 0.303 e. The second kappa shape index (κ2) is 30.1. The Morgan fingerprint density at radius 2 is 1.18 bits per heavy atom. The first-order chi connectivity index (χ1) is 33.0. The summed E-state index contributed by atoms with van der Waals surface area (Å²) in [5.41, 5.74) is 9.69. The van der Waals surface area contributed by atoms with E-state index >= 15 is 0 Å². The summed E-state index contributed by atoms with van der Waals surface area (Å²) in [7, 11) is 0. The summed E-state index contributed by atoms with van der Waals surface area (Å²) in [6.07, 6.45) is 1.53. The quantitative estimate of drug-likeness (QED) is 0.0185. The average molecular weight is 1010 g/mol. The van der Waals surface area contributed by atoms with Crippen LogP contribution in [0.1, 0.15) is 106 Å². The van der Waals surface area contributed by atoms with Crippen molar-refractivity contribution in [2.75, 3.05) is 26.3 Å². The Hall–Kier alpha value is -6.74. The molecule has 1 aromatic heterocycles. The molecule has 27 nitrogen and oxygen atoms in total. The Labute approximate surface area is 412 Å². The molecule has 0 radical (unpaired) electrons. The van der Waals surface area contributed by atoms with Crippen molar-refractivity contribution in [3.63, 3.8) is 0 Å². The van der Waals surface area contributed by atoms with E-state index in [1.165, 1.54) is 12.5 Å². The number of guanidine groups is 1. The number of amides is 8. The maximum atomic E-state index is 13.7. The summed E-state index contributed by atoms with van der Waals surface area (Å²) in [6.45, 7) is 11.8. The first kappa shape index (κ1) is 62.3. The number of aromatic nitrogens is 2. The zero-order chi connectivity index (χ0) is 54.2. The number of carboxylic acids is 1. The van der Waals surface area contributed by atoms with Gasteiger partial charge in [0.05, 0.1) is 50.3 Å². The molecule has 0 aliphatic carbocycles. The van der Waals surface area contributed by atoms with E-state index in [0.29, 0.717) is 18.5 Å². The standard InChI is InChI=1S/C44H76N14O13/c1-23(2)15-29(58-44(6,7)8)40(70)56-30(20-59)36(66)50-19-33(62)52-25(11-9-10-14-49-42(46)47)37(67)57-31(21-60)41(71)53-26(12-13-34(63)64)38(68)55-28(17-32(45)61)39(69)54-27(35(65)43(3,4)5)16-24-18-48-22-51-24/h18,22-23,25-31,58-60H,9-17,19-21H2,1-8H3,(H2,45,61)(H,48,51)(H,50,66)(H,52,62)(H,53,71)(H,54,69)(H,55,68)(H,56,70)(H,57,67)(H,63,64)(H4,46,47,49)/t25-,26-,27-,28+,29+,30-,31+/m1/s1. The summed E-state index contributed by atoms with van der Waals surface area (Å²) >= 11 is 0. The molecular formula is C44H76N14O13. The van der Waals surface area contributed by atoms with Crippen molar-refractivity contribution in [1.29, 1.82) is 5.41 Å². The van der Waals surface area contributed by atoms with Gasteiger partial charge in [0.2, 0.25) is 47.3 Å². The van der Waals surface area contributed by atoms with Gasteiger partial charge < -0.3 is 79.6 Å². The van der Waals surface area contributed by atoms with Crippen LogP contribution in [0.25, 0.3) is 0 Å². The van der Waals surface area contributed by atoms with Crippen molar-refractivity contribution in [1.82, 2.24) is 57.8 Å². The minimum Gasteiger partial charge on any atom is -0.481 e. The molecule has 0 fully saturated rings. The van der Waals surface area contributed by atoms with Gasteiger partial charge in [-0.25, -0.2) is 4.98 Å². The molecule has 0 spiro atoms. The summed E-state index contributed by atoms with van der Waals surface area (Å²) in [6, 6.07) is -10.1. The normalized spacial score (nSPS) is 14.5. The van der Waals surface area contributed by atoms with Gasteiger partial charge in [-0.05, 0) is 58.8 Å². The van der Waals surface area contributed by atoms with Crippen molar-refractivity contribution in [2.24, 2.45) is 22.8 Å². The van der Waals surface area contributed by atoms with Crippen molar-refractivity contribution >= 4 is 65.0 Å². The molecule has 1 heterocycles. The second-order valence-corrected chi connectivity index (χ2v) is 19.4. The second-order valence-electron chi connectivity index (χ2n) is 19.4. The third-order valence-corrected chi connectivity index (χ3v) is 10.2. The lowest BCUT2D eigenvalue weighted by Crippen LogP contribution is -2.60. The molecule has 0 aliphatic heterocycles. The van der Waals surface area contributed by atoms with Crippen molar-refractivity contribution in [3.05, 3.63) is 18.2 Å². The predicted molar refractivity (Wildman–Crippen MR) is 256 cm³/mol. The number of aromatic amines is 1. The number of unbranched alkanes of at least 4 members (excludes halogenated alkanes) is 1. The molecule has 400 valence electrons. The van der Waals surface area contributed by atoms with E-state index < -0.39 is 151 Å². The Balaban J connectivity index is 3.28. The lowest BCUT2D eigenvalue weighted by Gasteiger charge is -2.30. The molecule has 0 aliphatic rings. The topological polar surface area (TPSA) is 444 Å². The van der Waals surface area contributed by atoms with E-state index in [4.69, 9.17) is 16.9 Å². The van der Waals surface area contributed by atoms with Crippen LogP contribution in [0.3, 0.4) is 0 Å². The number of ketones is 1. The molecule has 27 heteroatoms. The number of nitrogens with one attached hydrogen (secondary N) is 11. The van der Waals surface area contributed by atoms with Crippen LogP contribution in [0.4, 0.5) is 0 Å². The monoisotopic (exact) mass is 1010 g/mol. The third-order valence-electron chi connectivity index (χ3n) is 10.2. The fraction of sp³-hybridized carbons (Fsp3) is 0.682. The minimum atomic E-state index is -1.83. The van der Waals surface area contributed by atoms with E-state index in [1.54, 1.807) is 20.8 Å². The lowest BCUT2D eigenvalue weighted by molar-refractivity contribution is -0.139. The minimum absolute atomic E-state index is 0.0756. The number of primary amides is 1. The van der Waals surface area contributed by atoms with Crippen molar-refractivity contribution in [3.8, 4) is 0 Å². The van der Waals surface area contributed by atoms with Crippen LogP contribution in [0.5, 0.6) is 0 Å². The molecule has 8 amide bonds. The first-order valence-corrected chi connectivity index (χ1v) is 23.2. The van der Waals surface area contributed by atoms with Crippen LogP contribution in [-0.2, 0) is 54.4 Å². The van der Waals surface area contributed by atoms with Gasteiger partial charge >= 0.3 is 5.97 Å². The highest BCUT2D eigenvalue weighted by atomic mass is 16.4. The largest absolute Gasteiger partial charge is 0.481 e. The summed E-state index contributed by atoms with van der Waals surface area (Å²) in [5.74, 6) is -9.94. The number of aliphatic hydroxyl groups excluding tert-OH is 2. The molecule has 0 bridgehead atoms. The number of nitrogens with zero attached hydrogens (tertiary/aromatic N) is 1. The fourth-order valence-corrected chi connectivity index (χ4v) is 6.77. The Bertz CT molecular complexity index is 1990. The highest BCUT2D eigenvalue weighted by molar-refractivity contribution is 5.99. The Kier molecular flexibility index (Phi) is 26.4. The third kappa shape index (κ3) is 25.1. The molecular weight excluding hydrogens is 933 g/mol. The number of rotatable bonds is 32. The molecule has 7 atom stereocenters. The van der Waals surface area contributed by atoms with Crippen LogP contribution in [-0.4, -0.2) is 164 Å². The van der Waals surface area contributed by atoms with Gasteiger partial charge in [-0.1, -0.05) is 34.6 Å². The van der Waals surface area contributed by atoms with Crippen LogP contribution >= 0.6 is 0 Å². The molecule has 0 unspecified atom stereocenters. The zero-order valence-electron chi connectivity index (χ0n) is 41.8. The molecule has 71 heavy (non-hydrogen) atoms. The summed E-state index contributed by atoms with van der Waals surface area (Å²) < 4.78 is 0. The van der Waals surface area contributed by atoms with Gasteiger partial charge in [-0.15, -0.1) is 0 Å². The highest BCUT2D eigenvalue weighted by Gasteiger charge is 2.36. The highest BCUT2D eigenvalue weighted by Crippen LogP contribution is 2.19. The van der Waals surface area contributed by atoms with Gasteiger partial charge in [0.1, 0.15) is 30.2 Å². The van der Waals surface area contributed by atoms with Gasteiger partial charge in [0.15, 0.2) is 11.7 Å². The van der Waals surface area contributed by atoms with E-state index in [9.17, 15) is 63.3 Å². The zero-order valence-corrected chi connectivity index (χ0v) is 41.8. The number of aliphatic hydroxyl groups is 2. The number of H-pyrrole nitrogens is 1. The summed E-state index contributed by atoms with van der Waals surface area (Å²) in [5, 5.41) is 59.3. The smallest absolute Gasteiger partial charge is 0.303 e. The summed E-state index contributed by atoms with van der Waals surface area (Å²) in [4.78, 5) is 138. The number of carboxylic acid groups (broad SMARTS) is 1. The van der Waals surface area contributed by atoms with E-state index in [1.807, 2.05) is 34.6 Å². The number of Topliss-reactive ketones (excluding diaryl/α,β-unsaturated/α-hetero) is 1. The fourth-order valence-electron chi connectivity index (χ4n) is 6.77. The van der Waals surface area contributed by atoms with Crippen LogP contribution in [0, 0.1) is 16.7 Å². The van der Waals surface area contributed by atoms with E-state index in [2.05, 4.69) is 57.8 Å². The van der Waals surface area contributed by atoms with Gasteiger partial charge in [0, 0.05) is 36.5 Å². The number of carbonyl (C=O) groups is 10. The Morgan fingerprint density at radius 1 is 0.676 bits per heavy atom. The van der Waals surface area contributed by atoms with E-state index in [0.717, 1.165) is 0 Å². The van der Waals surface area contributed by atoms with Gasteiger partial charge in [-0.3, -0.25) is 53.4 Å². The number of hydrogen-bond acceptors (Lipinski definition) is 15. The van der Waals surface area contributed by atoms with Crippen LogP contribution in [0.15, 0.2) is 12.5 Å². The number of aliphatic carboxylic acids is 1. The van der Waals surface area contributed by atoms with Gasteiger partial charge in [0.25, 0.3) is 0 Å². The van der Waals surface area contributed by atoms with Crippen molar-refractivity contribution < 1.29 is 63.3 Å². The lowest BCUT2D eigenvalue weighted by atomic mass is 9.84. The molecule has 0 aromatic carbocycles. The molecule has 0 saturated heterocycles. The SMILES string of the molecule is CC(C)C[C@H](NC(C)(C)C)C(=O)N[C@H](CO)C(=O)NCC(=O)N[C@H](CCCCNC(=N)N)C(=O)N[C@@H](CO)C(=O)N[C@H](CCC(=O)O)C(=O)N[C@@H](CC(N)=O)C(=O)N[C@H](Cc1c[nH]cn1)C(=O)C(C)(C)C. The molecule has 18 N–H and O–H groups in total. The molecule has 0 saturated carbocycles. The van der Waals surface area contributed by atoms with E-state index in [-0.39, 0.29) is 37.7 Å². The number of imidazole rings is 1. The maximum absolute atomic E-state index is 13.7. The number of carbonyl (C=O) groups excluding carboxylic acids is 9. The van der Waals surface area contributed by atoms with Crippen LogP contribution in [0.2, 0.25) is 0 Å². The van der Waals surface area contributed by atoms with Crippen molar-refractivity contribution in [2.45, 2.75) is 155 Å². The number of hydrogen-bond donors (Lipinski definition) is 16. The Morgan fingerprint density at radius 3 is 1.68 bits per heavy atom. The first-order valence-electron chi connectivity index (χ1n) is 23.2. The molecule has 1 aromatic rings. The number of nitrogens with two attached hydrogens (primary N) is 2. The van der Waals surface area contributed by atoms with Gasteiger partial charge in [-0.2, -0.15) is 0 Å².